The number of rotatable bonds is 4. The van der Waals surface area contributed by atoms with Gasteiger partial charge < -0.3 is 14.8 Å². The Hall–Kier alpha value is -1.10. The number of nitrogens with one attached hydrogen (secondary N) is 1. The van der Waals surface area contributed by atoms with Crippen molar-refractivity contribution >= 4 is 17.4 Å². The average Bonchev–Trinajstić information content (AvgIpc) is 3.06. The van der Waals surface area contributed by atoms with Gasteiger partial charge in [0.1, 0.15) is 11.5 Å². The molecule has 2 aliphatic rings. The standard InChI is InChI=1S/C15H18ClNO3/c1-17-13-8-19-7-12(13)14(18)6-10-5-11(16)4-9-2-3-20-15(9)10/h4-5,12-13,17H,2-3,6-8H2,1H3. The maximum Gasteiger partial charge on any atom is 0.144 e. The zero-order valence-electron chi connectivity index (χ0n) is 11.4. The van der Waals surface area contributed by atoms with E-state index in [0.29, 0.717) is 31.3 Å². The molecule has 2 heterocycles. The number of ether oxygens (including phenoxy) is 2. The normalized spacial score (nSPS) is 24.5. The Balaban J connectivity index is 1.80. The lowest BCUT2D eigenvalue weighted by atomic mass is 9.93. The van der Waals surface area contributed by atoms with Crippen molar-refractivity contribution in [2.24, 2.45) is 5.92 Å². The van der Waals surface area contributed by atoms with Gasteiger partial charge in [0.05, 0.1) is 25.7 Å². The summed E-state index contributed by atoms with van der Waals surface area (Å²) in [6.45, 7) is 1.76. The number of likely N-dealkylation sites (N-methyl/N-ethyl adjacent to an activating group) is 1. The van der Waals surface area contributed by atoms with E-state index in [1.54, 1.807) is 0 Å². The first-order valence-electron chi connectivity index (χ1n) is 6.91. The van der Waals surface area contributed by atoms with Crippen LogP contribution < -0.4 is 10.1 Å². The molecule has 0 amide bonds. The summed E-state index contributed by atoms with van der Waals surface area (Å²) in [6, 6.07) is 3.87. The van der Waals surface area contributed by atoms with Gasteiger partial charge in [0.25, 0.3) is 0 Å². The van der Waals surface area contributed by atoms with Crippen molar-refractivity contribution in [2.75, 3.05) is 26.9 Å². The van der Waals surface area contributed by atoms with Crippen LogP contribution in [0.15, 0.2) is 12.1 Å². The second kappa shape index (κ2) is 5.72. The van der Waals surface area contributed by atoms with Gasteiger partial charge in [0, 0.05) is 29.5 Å². The van der Waals surface area contributed by atoms with Crippen molar-refractivity contribution < 1.29 is 14.3 Å². The molecule has 3 rings (SSSR count). The van der Waals surface area contributed by atoms with Gasteiger partial charge in [-0.1, -0.05) is 11.6 Å². The highest BCUT2D eigenvalue weighted by atomic mass is 35.5. The van der Waals surface area contributed by atoms with Crippen LogP contribution in [0, 0.1) is 5.92 Å². The molecule has 0 spiro atoms. The zero-order chi connectivity index (χ0) is 14.1. The van der Waals surface area contributed by atoms with Crippen LogP contribution in [0.4, 0.5) is 0 Å². The van der Waals surface area contributed by atoms with Crippen molar-refractivity contribution in [3.8, 4) is 5.75 Å². The van der Waals surface area contributed by atoms with E-state index in [1.165, 1.54) is 0 Å². The van der Waals surface area contributed by atoms with Gasteiger partial charge in [0.2, 0.25) is 0 Å². The number of fused-ring (bicyclic) bond motifs is 1. The fourth-order valence-corrected chi connectivity index (χ4v) is 3.22. The molecule has 1 aromatic rings. The number of hydrogen-bond acceptors (Lipinski definition) is 4. The monoisotopic (exact) mass is 295 g/mol. The van der Waals surface area contributed by atoms with Gasteiger partial charge in [-0.05, 0) is 24.7 Å². The largest absolute Gasteiger partial charge is 0.493 e. The number of ketones is 1. The molecule has 2 atom stereocenters. The van der Waals surface area contributed by atoms with Crippen LogP contribution in [-0.2, 0) is 22.4 Å². The van der Waals surface area contributed by atoms with Crippen molar-refractivity contribution in [1.29, 1.82) is 0 Å². The zero-order valence-corrected chi connectivity index (χ0v) is 12.2. The van der Waals surface area contributed by atoms with Gasteiger partial charge in [-0.2, -0.15) is 0 Å². The molecule has 108 valence electrons. The second-order valence-corrected chi connectivity index (χ2v) is 5.77. The summed E-state index contributed by atoms with van der Waals surface area (Å²) in [6.07, 6.45) is 1.22. The minimum absolute atomic E-state index is 0.0870. The maximum absolute atomic E-state index is 12.5. The third-order valence-electron chi connectivity index (χ3n) is 4.05. The van der Waals surface area contributed by atoms with Crippen LogP contribution in [0.5, 0.6) is 5.75 Å². The number of hydrogen-bond donors (Lipinski definition) is 1. The highest BCUT2D eigenvalue weighted by Gasteiger charge is 2.33. The average molecular weight is 296 g/mol. The molecule has 1 fully saturated rings. The Morgan fingerprint density at radius 2 is 2.30 bits per heavy atom. The first-order valence-corrected chi connectivity index (χ1v) is 7.28. The van der Waals surface area contributed by atoms with Crippen LogP contribution in [0.3, 0.4) is 0 Å². The Morgan fingerprint density at radius 1 is 1.45 bits per heavy atom. The third kappa shape index (κ3) is 2.55. The van der Waals surface area contributed by atoms with Crippen LogP contribution in [0.25, 0.3) is 0 Å². The molecule has 0 bridgehead atoms. The summed E-state index contributed by atoms with van der Waals surface area (Å²) < 4.78 is 11.0. The van der Waals surface area contributed by atoms with Crippen LogP contribution in [0.1, 0.15) is 11.1 Å². The molecule has 20 heavy (non-hydrogen) atoms. The predicted octanol–water partition coefficient (Wildman–Crippen LogP) is 1.62. The Kier molecular flexibility index (Phi) is 3.96. The number of Topliss-reactive ketones (excluding diaryl/α,β-unsaturated/α-hetero) is 1. The van der Waals surface area contributed by atoms with E-state index in [9.17, 15) is 4.79 Å². The Bertz CT molecular complexity index is 532. The summed E-state index contributed by atoms with van der Waals surface area (Å²) in [7, 11) is 1.86. The fourth-order valence-electron chi connectivity index (χ4n) is 2.95. The minimum atomic E-state index is -0.0870. The van der Waals surface area contributed by atoms with E-state index in [-0.39, 0.29) is 17.7 Å². The molecule has 5 heteroatoms. The van der Waals surface area contributed by atoms with Gasteiger partial charge in [-0.25, -0.2) is 0 Å². The smallest absolute Gasteiger partial charge is 0.144 e. The van der Waals surface area contributed by atoms with E-state index in [1.807, 2.05) is 19.2 Å². The van der Waals surface area contributed by atoms with Crippen LogP contribution >= 0.6 is 11.6 Å². The molecule has 1 saturated heterocycles. The van der Waals surface area contributed by atoms with E-state index in [2.05, 4.69) is 5.32 Å². The molecule has 4 nitrogen and oxygen atoms in total. The summed E-state index contributed by atoms with van der Waals surface area (Å²) in [5, 5.41) is 3.81. The lowest BCUT2D eigenvalue weighted by Gasteiger charge is -2.16. The lowest BCUT2D eigenvalue weighted by Crippen LogP contribution is -2.37. The minimum Gasteiger partial charge on any atom is -0.493 e. The predicted molar refractivity (Wildman–Crippen MR) is 76.5 cm³/mol. The van der Waals surface area contributed by atoms with E-state index >= 15 is 0 Å². The van der Waals surface area contributed by atoms with Crippen molar-refractivity contribution in [1.82, 2.24) is 5.32 Å². The lowest BCUT2D eigenvalue weighted by molar-refractivity contribution is -0.122. The first-order chi connectivity index (χ1) is 9.69. The number of halogens is 1. The molecular formula is C15H18ClNO3. The first kappa shape index (κ1) is 13.9. The van der Waals surface area contributed by atoms with E-state index < -0.39 is 0 Å². The topological polar surface area (TPSA) is 47.6 Å². The van der Waals surface area contributed by atoms with Gasteiger partial charge in [-0.15, -0.1) is 0 Å². The number of benzene rings is 1. The van der Waals surface area contributed by atoms with Crippen LogP contribution in [0.2, 0.25) is 5.02 Å². The summed E-state index contributed by atoms with van der Waals surface area (Å²) in [5.41, 5.74) is 2.00. The van der Waals surface area contributed by atoms with E-state index in [4.69, 9.17) is 21.1 Å². The molecule has 0 saturated carbocycles. The van der Waals surface area contributed by atoms with Crippen LogP contribution in [-0.4, -0.2) is 38.7 Å². The second-order valence-electron chi connectivity index (χ2n) is 5.33. The van der Waals surface area contributed by atoms with Crippen molar-refractivity contribution in [3.05, 3.63) is 28.3 Å². The van der Waals surface area contributed by atoms with Gasteiger partial charge in [0.15, 0.2) is 0 Å². The highest BCUT2D eigenvalue weighted by molar-refractivity contribution is 6.30. The Labute approximate surface area is 123 Å². The summed E-state index contributed by atoms with van der Waals surface area (Å²) in [5.74, 6) is 0.945. The molecule has 2 aliphatic heterocycles. The molecule has 1 aromatic carbocycles. The molecule has 0 aliphatic carbocycles. The number of carbonyl (C=O) groups excluding carboxylic acids is 1. The van der Waals surface area contributed by atoms with Crippen molar-refractivity contribution in [3.63, 3.8) is 0 Å². The van der Waals surface area contributed by atoms with Gasteiger partial charge >= 0.3 is 0 Å². The SMILES string of the molecule is CNC1COCC1C(=O)Cc1cc(Cl)cc2c1OCC2. The molecule has 0 aromatic heterocycles. The maximum atomic E-state index is 12.5. The fraction of sp³-hybridized carbons (Fsp3) is 0.533. The third-order valence-corrected chi connectivity index (χ3v) is 4.27. The molecule has 1 N–H and O–H groups in total. The quantitative estimate of drug-likeness (QED) is 0.917. The molecule has 2 unspecified atom stereocenters. The summed E-state index contributed by atoms with van der Waals surface area (Å²) >= 11 is 6.12. The van der Waals surface area contributed by atoms with E-state index in [0.717, 1.165) is 23.3 Å². The van der Waals surface area contributed by atoms with Crippen molar-refractivity contribution in [2.45, 2.75) is 18.9 Å². The number of carbonyl (C=O) groups is 1. The Morgan fingerprint density at radius 3 is 3.10 bits per heavy atom. The van der Waals surface area contributed by atoms with Gasteiger partial charge in [-0.3, -0.25) is 4.79 Å². The summed E-state index contributed by atoms with van der Waals surface area (Å²) in [4.78, 5) is 12.5. The molecular weight excluding hydrogens is 278 g/mol. The molecule has 0 radical (unpaired) electrons. The highest BCUT2D eigenvalue weighted by Crippen LogP contribution is 2.34.